The molecule has 0 aromatic heterocycles. The van der Waals surface area contributed by atoms with E-state index in [4.69, 9.17) is 9.47 Å². The first-order valence-electron chi connectivity index (χ1n) is 5.72. The van der Waals surface area contributed by atoms with Crippen LogP contribution in [0, 0.1) is 0 Å². The fraction of sp³-hybridized carbons (Fsp3) is 0.429. The van der Waals surface area contributed by atoms with Crippen molar-refractivity contribution >= 4 is 0 Å². The summed E-state index contributed by atoms with van der Waals surface area (Å²) < 4.78 is 10.6. The quantitative estimate of drug-likeness (QED) is 0.771. The van der Waals surface area contributed by atoms with E-state index in [2.05, 4.69) is 0 Å². The number of methoxy groups -OCH3 is 1. The van der Waals surface area contributed by atoms with Gasteiger partial charge in [0.25, 0.3) is 0 Å². The highest BCUT2D eigenvalue weighted by Crippen LogP contribution is 2.13. The Morgan fingerprint density at radius 2 is 1.94 bits per heavy atom. The molecule has 3 heteroatoms. The zero-order valence-corrected chi connectivity index (χ0v) is 10.6. The maximum Gasteiger partial charge on any atom is 0.118 e. The fourth-order valence-electron chi connectivity index (χ4n) is 1.40. The van der Waals surface area contributed by atoms with Crippen LogP contribution in [0.3, 0.4) is 0 Å². The maximum atomic E-state index is 9.65. The molecule has 0 saturated carbocycles. The minimum Gasteiger partial charge on any atom is -0.497 e. The van der Waals surface area contributed by atoms with Gasteiger partial charge in [0.2, 0.25) is 0 Å². The van der Waals surface area contributed by atoms with Crippen molar-refractivity contribution in [3.8, 4) is 5.75 Å². The Bertz CT molecular complexity index is 343. The summed E-state index contributed by atoms with van der Waals surface area (Å²) in [5.74, 6) is 0.829. The van der Waals surface area contributed by atoms with Crippen LogP contribution in [-0.2, 0) is 11.3 Å². The van der Waals surface area contributed by atoms with E-state index in [-0.39, 0.29) is 6.10 Å². The second kappa shape index (κ2) is 7.09. The van der Waals surface area contributed by atoms with Gasteiger partial charge in [-0.2, -0.15) is 0 Å². The van der Waals surface area contributed by atoms with E-state index in [9.17, 15) is 5.11 Å². The lowest BCUT2D eigenvalue weighted by atomic mass is 10.2. The van der Waals surface area contributed by atoms with Crippen molar-refractivity contribution in [3.05, 3.63) is 42.0 Å². The predicted molar refractivity (Wildman–Crippen MR) is 68.1 cm³/mol. The Morgan fingerprint density at radius 1 is 1.29 bits per heavy atom. The van der Waals surface area contributed by atoms with Gasteiger partial charge >= 0.3 is 0 Å². The predicted octanol–water partition coefficient (Wildman–Crippen LogP) is 2.54. The van der Waals surface area contributed by atoms with Crippen LogP contribution in [0.1, 0.15) is 19.4 Å². The first-order chi connectivity index (χ1) is 8.17. The van der Waals surface area contributed by atoms with Crippen LogP contribution in [-0.4, -0.2) is 24.4 Å². The third-order valence-electron chi connectivity index (χ3n) is 2.54. The van der Waals surface area contributed by atoms with Crippen LogP contribution in [0.4, 0.5) is 0 Å². The topological polar surface area (TPSA) is 38.7 Å². The molecule has 94 valence electrons. The van der Waals surface area contributed by atoms with Crippen molar-refractivity contribution in [1.29, 1.82) is 0 Å². The van der Waals surface area contributed by atoms with Gasteiger partial charge in [0.15, 0.2) is 0 Å². The standard InChI is InChI=1S/C14H20O3/c1-4-5-14(15)11(2)17-10-12-6-8-13(16-3)9-7-12/h4-9,11,14-15H,10H2,1-3H3/t11-,14+/m0/s1. The molecule has 0 aliphatic rings. The van der Waals surface area contributed by atoms with Crippen molar-refractivity contribution in [1.82, 2.24) is 0 Å². The molecule has 1 aromatic rings. The second-order valence-corrected chi connectivity index (χ2v) is 3.88. The number of allylic oxidation sites excluding steroid dienone is 1. The van der Waals surface area contributed by atoms with Gasteiger partial charge in [-0.25, -0.2) is 0 Å². The van der Waals surface area contributed by atoms with Gasteiger partial charge in [-0.1, -0.05) is 24.3 Å². The first-order valence-corrected chi connectivity index (χ1v) is 5.72. The molecule has 0 fully saturated rings. The van der Waals surface area contributed by atoms with Crippen LogP contribution in [0.25, 0.3) is 0 Å². The Labute approximate surface area is 103 Å². The monoisotopic (exact) mass is 236 g/mol. The van der Waals surface area contributed by atoms with Gasteiger partial charge in [-0.05, 0) is 31.5 Å². The minimum absolute atomic E-state index is 0.215. The normalized spacial score (nSPS) is 14.8. The van der Waals surface area contributed by atoms with Crippen LogP contribution >= 0.6 is 0 Å². The van der Waals surface area contributed by atoms with E-state index in [1.807, 2.05) is 44.2 Å². The first kappa shape index (κ1) is 13.7. The number of aliphatic hydroxyl groups excluding tert-OH is 1. The second-order valence-electron chi connectivity index (χ2n) is 3.88. The highest BCUT2D eigenvalue weighted by atomic mass is 16.5. The Morgan fingerprint density at radius 3 is 2.47 bits per heavy atom. The molecule has 0 radical (unpaired) electrons. The van der Waals surface area contributed by atoms with Gasteiger partial charge in [-0.15, -0.1) is 0 Å². The molecule has 17 heavy (non-hydrogen) atoms. The van der Waals surface area contributed by atoms with Crippen LogP contribution in [0.2, 0.25) is 0 Å². The molecule has 3 nitrogen and oxygen atoms in total. The molecule has 0 amide bonds. The van der Waals surface area contributed by atoms with Gasteiger partial charge < -0.3 is 14.6 Å². The molecule has 0 unspecified atom stereocenters. The summed E-state index contributed by atoms with van der Waals surface area (Å²) >= 11 is 0. The Balaban J connectivity index is 2.44. The van der Waals surface area contributed by atoms with E-state index >= 15 is 0 Å². The highest BCUT2D eigenvalue weighted by molar-refractivity contribution is 5.26. The number of hydrogen-bond acceptors (Lipinski definition) is 3. The lowest BCUT2D eigenvalue weighted by Crippen LogP contribution is -2.23. The maximum absolute atomic E-state index is 9.65. The Kier molecular flexibility index (Phi) is 5.73. The summed E-state index contributed by atoms with van der Waals surface area (Å²) in [5, 5.41) is 9.65. The summed E-state index contributed by atoms with van der Waals surface area (Å²) in [7, 11) is 1.64. The molecule has 0 saturated heterocycles. The van der Waals surface area contributed by atoms with E-state index in [0.29, 0.717) is 6.61 Å². The zero-order valence-electron chi connectivity index (χ0n) is 10.6. The van der Waals surface area contributed by atoms with E-state index in [0.717, 1.165) is 11.3 Å². The summed E-state index contributed by atoms with van der Waals surface area (Å²) in [6, 6.07) is 7.69. The van der Waals surface area contributed by atoms with Crippen molar-refractivity contribution in [2.45, 2.75) is 32.7 Å². The zero-order chi connectivity index (χ0) is 12.7. The van der Waals surface area contributed by atoms with Gasteiger partial charge in [-0.3, -0.25) is 0 Å². The molecular formula is C14H20O3. The molecule has 1 rings (SSSR count). The molecule has 0 aliphatic carbocycles. The lowest BCUT2D eigenvalue weighted by Gasteiger charge is -2.16. The summed E-state index contributed by atoms with van der Waals surface area (Å²) in [6.07, 6.45) is 2.77. The van der Waals surface area contributed by atoms with Crippen molar-refractivity contribution < 1.29 is 14.6 Å². The van der Waals surface area contributed by atoms with Gasteiger partial charge in [0.1, 0.15) is 5.75 Å². The van der Waals surface area contributed by atoms with Crippen molar-refractivity contribution in [2.75, 3.05) is 7.11 Å². The minimum atomic E-state index is -0.557. The number of aliphatic hydroxyl groups is 1. The van der Waals surface area contributed by atoms with Crippen LogP contribution in [0.15, 0.2) is 36.4 Å². The molecular weight excluding hydrogens is 216 g/mol. The van der Waals surface area contributed by atoms with Crippen LogP contribution < -0.4 is 4.74 Å². The highest BCUT2D eigenvalue weighted by Gasteiger charge is 2.10. The van der Waals surface area contributed by atoms with Gasteiger partial charge in [0, 0.05) is 0 Å². The molecule has 0 aliphatic heterocycles. The molecule has 0 heterocycles. The molecule has 2 atom stereocenters. The van der Waals surface area contributed by atoms with E-state index < -0.39 is 6.10 Å². The third kappa shape index (κ3) is 4.59. The average Bonchev–Trinajstić information content (AvgIpc) is 2.36. The number of hydrogen-bond donors (Lipinski definition) is 1. The lowest BCUT2D eigenvalue weighted by molar-refractivity contribution is -0.0153. The number of benzene rings is 1. The average molecular weight is 236 g/mol. The molecule has 0 spiro atoms. The molecule has 1 N–H and O–H groups in total. The number of ether oxygens (including phenoxy) is 2. The fourth-order valence-corrected chi connectivity index (χ4v) is 1.40. The summed E-state index contributed by atoms with van der Waals surface area (Å²) in [5.41, 5.74) is 1.06. The number of rotatable bonds is 6. The van der Waals surface area contributed by atoms with Crippen LogP contribution in [0.5, 0.6) is 5.75 Å². The molecule has 0 bridgehead atoms. The summed E-state index contributed by atoms with van der Waals surface area (Å²) in [4.78, 5) is 0. The largest absolute Gasteiger partial charge is 0.497 e. The smallest absolute Gasteiger partial charge is 0.118 e. The Hall–Kier alpha value is -1.32. The van der Waals surface area contributed by atoms with Crippen molar-refractivity contribution in [3.63, 3.8) is 0 Å². The van der Waals surface area contributed by atoms with Gasteiger partial charge in [0.05, 0.1) is 25.9 Å². The van der Waals surface area contributed by atoms with Crippen molar-refractivity contribution in [2.24, 2.45) is 0 Å². The third-order valence-corrected chi connectivity index (χ3v) is 2.54. The molecule has 1 aromatic carbocycles. The summed E-state index contributed by atoms with van der Waals surface area (Å²) in [6.45, 7) is 4.22. The SMILES string of the molecule is CC=C[C@@H](O)[C@H](C)OCc1ccc(OC)cc1. The van der Waals surface area contributed by atoms with E-state index in [1.165, 1.54) is 0 Å². The van der Waals surface area contributed by atoms with E-state index in [1.54, 1.807) is 13.2 Å².